The number of carbonyl (C=O) groups is 2. The van der Waals surface area contributed by atoms with E-state index in [9.17, 15) is 9.59 Å². The highest BCUT2D eigenvalue weighted by Crippen LogP contribution is 2.07. The first-order chi connectivity index (χ1) is 7.16. The van der Waals surface area contributed by atoms with E-state index >= 15 is 0 Å². The van der Waals surface area contributed by atoms with E-state index in [1.165, 1.54) is 6.42 Å². The van der Waals surface area contributed by atoms with E-state index in [-0.39, 0.29) is 5.78 Å². The molecular formula is C13H24O2. The van der Waals surface area contributed by atoms with E-state index in [1.54, 1.807) is 6.92 Å². The second-order valence-electron chi connectivity index (χ2n) is 4.26. The van der Waals surface area contributed by atoms with Gasteiger partial charge in [-0.25, -0.2) is 0 Å². The average molecular weight is 212 g/mol. The minimum atomic E-state index is 0.254. The van der Waals surface area contributed by atoms with Crippen LogP contribution in [0.25, 0.3) is 0 Å². The van der Waals surface area contributed by atoms with Gasteiger partial charge < -0.3 is 4.79 Å². The van der Waals surface area contributed by atoms with Crippen LogP contribution in [0.15, 0.2) is 0 Å². The molecule has 0 saturated carbocycles. The molecule has 0 aliphatic heterocycles. The van der Waals surface area contributed by atoms with Crippen molar-refractivity contribution in [2.45, 2.75) is 71.6 Å². The topological polar surface area (TPSA) is 34.1 Å². The van der Waals surface area contributed by atoms with E-state index < -0.39 is 0 Å². The summed E-state index contributed by atoms with van der Waals surface area (Å²) in [6, 6.07) is 0. The van der Waals surface area contributed by atoms with E-state index in [2.05, 4.69) is 6.92 Å². The lowest BCUT2D eigenvalue weighted by Gasteiger charge is -2.00. The fourth-order valence-corrected chi connectivity index (χ4v) is 1.57. The molecule has 2 nitrogen and oxygen atoms in total. The fraction of sp³-hybridized carbons (Fsp3) is 0.846. The van der Waals surface area contributed by atoms with Gasteiger partial charge in [-0.15, -0.1) is 0 Å². The van der Waals surface area contributed by atoms with Crippen molar-refractivity contribution in [1.82, 2.24) is 0 Å². The molecule has 0 aromatic rings. The highest BCUT2D eigenvalue weighted by atomic mass is 16.1. The molecule has 15 heavy (non-hydrogen) atoms. The average Bonchev–Trinajstić information content (AvgIpc) is 2.17. The van der Waals surface area contributed by atoms with Crippen molar-refractivity contribution in [1.29, 1.82) is 0 Å². The van der Waals surface area contributed by atoms with Crippen molar-refractivity contribution in [2.24, 2.45) is 0 Å². The van der Waals surface area contributed by atoms with Crippen LogP contribution >= 0.6 is 0 Å². The van der Waals surface area contributed by atoms with Gasteiger partial charge in [0, 0.05) is 19.3 Å². The summed E-state index contributed by atoms with van der Waals surface area (Å²) in [5, 5.41) is 0. The van der Waals surface area contributed by atoms with Crippen molar-refractivity contribution in [3.63, 3.8) is 0 Å². The highest BCUT2D eigenvalue weighted by Gasteiger charge is 2.01. The van der Waals surface area contributed by atoms with Gasteiger partial charge in [-0.05, 0) is 26.2 Å². The normalized spacial score (nSPS) is 10.3. The molecule has 0 heterocycles. The molecule has 0 atom stereocenters. The minimum absolute atomic E-state index is 0.254. The van der Waals surface area contributed by atoms with Gasteiger partial charge in [0.2, 0.25) is 0 Å². The van der Waals surface area contributed by atoms with E-state index in [0.29, 0.717) is 18.6 Å². The molecule has 0 bridgehead atoms. The number of ketones is 2. The summed E-state index contributed by atoms with van der Waals surface area (Å²) in [5.41, 5.74) is 0. The van der Waals surface area contributed by atoms with Crippen molar-refractivity contribution in [3.8, 4) is 0 Å². The molecule has 0 amide bonds. The molecule has 0 saturated heterocycles. The zero-order chi connectivity index (χ0) is 11.5. The SMILES string of the molecule is CCCCCC(=O)CCCCCC(C)=O. The van der Waals surface area contributed by atoms with Crippen LogP contribution < -0.4 is 0 Å². The van der Waals surface area contributed by atoms with Crippen LogP contribution in [0, 0.1) is 0 Å². The van der Waals surface area contributed by atoms with Gasteiger partial charge in [0.05, 0.1) is 0 Å². The smallest absolute Gasteiger partial charge is 0.132 e. The number of unbranched alkanes of at least 4 members (excludes halogenated alkanes) is 4. The van der Waals surface area contributed by atoms with Gasteiger partial charge in [-0.3, -0.25) is 4.79 Å². The Morgan fingerprint density at radius 1 is 0.800 bits per heavy atom. The van der Waals surface area contributed by atoms with Gasteiger partial charge in [0.25, 0.3) is 0 Å². The molecule has 88 valence electrons. The molecule has 0 aliphatic rings. The third-order valence-electron chi connectivity index (χ3n) is 2.54. The molecule has 0 unspecified atom stereocenters. The molecule has 0 aliphatic carbocycles. The van der Waals surface area contributed by atoms with Crippen molar-refractivity contribution in [3.05, 3.63) is 0 Å². The Hall–Kier alpha value is -0.660. The second-order valence-corrected chi connectivity index (χ2v) is 4.26. The second kappa shape index (κ2) is 9.88. The maximum Gasteiger partial charge on any atom is 0.132 e. The minimum Gasteiger partial charge on any atom is -0.300 e. The van der Waals surface area contributed by atoms with E-state index in [0.717, 1.165) is 38.5 Å². The van der Waals surface area contributed by atoms with Crippen LogP contribution in [0.4, 0.5) is 0 Å². The Morgan fingerprint density at radius 2 is 1.33 bits per heavy atom. The summed E-state index contributed by atoms with van der Waals surface area (Å²) in [6.45, 7) is 3.77. The van der Waals surface area contributed by atoms with E-state index in [1.807, 2.05) is 0 Å². The molecule has 0 aromatic heterocycles. The molecule has 0 aromatic carbocycles. The maximum absolute atomic E-state index is 11.3. The Morgan fingerprint density at radius 3 is 1.87 bits per heavy atom. The van der Waals surface area contributed by atoms with Crippen molar-refractivity contribution >= 4 is 11.6 Å². The summed E-state index contributed by atoms with van der Waals surface area (Å²) in [5.74, 6) is 0.649. The number of hydrogen-bond acceptors (Lipinski definition) is 2. The third-order valence-corrected chi connectivity index (χ3v) is 2.54. The van der Waals surface area contributed by atoms with Crippen molar-refractivity contribution in [2.75, 3.05) is 0 Å². The summed E-state index contributed by atoms with van der Waals surface area (Å²) in [4.78, 5) is 22.0. The molecule has 0 spiro atoms. The zero-order valence-electron chi connectivity index (χ0n) is 10.2. The Kier molecular flexibility index (Phi) is 9.44. The third kappa shape index (κ3) is 11.3. The summed E-state index contributed by atoms with van der Waals surface area (Å²) in [6.07, 6.45) is 8.42. The first-order valence-electron chi connectivity index (χ1n) is 6.18. The molecule has 0 fully saturated rings. The number of hydrogen-bond donors (Lipinski definition) is 0. The molecule has 0 rings (SSSR count). The van der Waals surface area contributed by atoms with Gasteiger partial charge in [-0.1, -0.05) is 26.2 Å². The molecule has 2 heteroatoms. The summed E-state index contributed by atoms with van der Waals surface area (Å²) < 4.78 is 0. The Labute approximate surface area is 93.4 Å². The first-order valence-corrected chi connectivity index (χ1v) is 6.18. The Bertz CT molecular complexity index is 185. The van der Waals surface area contributed by atoms with E-state index in [4.69, 9.17) is 0 Å². The summed E-state index contributed by atoms with van der Waals surface area (Å²) in [7, 11) is 0. The lowest BCUT2D eigenvalue weighted by Crippen LogP contribution is -1.98. The molecule has 0 N–H and O–H groups in total. The number of Topliss-reactive ketones (excluding diaryl/α,β-unsaturated/α-hetero) is 2. The lowest BCUT2D eigenvalue weighted by molar-refractivity contribution is -0.119. The van der Waals surface area contributed by atoms with Crippen LogP contribution in [-0.4, -0.2) is 11.6 Å². The first kappa shape index (κ1) is 14.3. The van der Waals surface area contributed by atoms with Crippen LogP contribution in [0.2, 0.25) is 0 Å². The van der Waals surface area contributed by atoms with Crippen LogP contribution in [0.1, 0.15) is 71.6 Å². The predicted octanol–water partition coefficient (Wildman–Crippen LogP) is 3.68. The molecule has 0 radical (unpaired) electrons. The lowest BCUT2D eigenvalue weighted by atomic mass is 10.0. The van der Waals surface area contributed by atoms with Gasteiger partial charge in [0.1, 0.15) is 11.6 Å². The van der Waals surface area contributed by atoms with Crippen LogP contribution in [0.5, 0.6) is 0 Å². The molecular weight excluding hydrogens is 188 g/mol. The largest absolute Gasteiger partial charge is 0.300 e. The predicted molar refractivity (Wildman–Crippen MR) is 62.9 cm³/mol. The van der Waals surface area contributed by atoms with Gasteiger partial charge in [0.15, 0.2) is 0 Å². The maximum atomic E-state index is 11.3. The Balaban J connectivity index is 3.20. The highest BCUT2D eigenvalue weighted by molar-refractivity contribution is 5.78. The van der Waals surface area contributed by atoms with Gasteiger partial charge >= 0.3 is 0 Å². The quantitative estimate of drug-likeness (QED) is 0.518. The van der Waals surface area contributed by atoms with Crippen molar-refractivity contribution < 1.29 is 9.59 Å². The van der Waals surface area contributed by atoms with Crippen LogP contribution in [-0.2, 0) is 9.59 Å². The fourth-order valence-electron chi connectivity index (χ4n) is 1.57. The number of rotatable bonds is 10. The summed E-state index contributed by atoms with van der Waals surface area (Å²) >= 11 is 0. The monoisotopic (exact) mass is 212 g/mol. The zero-order valence-corrected chi connectivity index (χ0v) is 10.2. The standard InChI is InChI=1S/C13H24O2/c1-3-4-6-10-13(15)11-8-5-7-9-12(2)14/h3-11H2,1-2H3. The van der Waals surface area contributed by atoms with Crippen LogP contribution in [0.3, 0.4) is 0 Å². The number of carbonyl (C=O) groups excluding carboxylic acids is 2. The van der Waals surface area contributed by atoms with Gasteiger partial charge in [-0.2, -0.15) is 0 Å².